The molecule has 1 aromatic carbocycles. The van der Waals surface area contributed by atoms with Gasteiger partial charge in [-0.1, -0.05) is 18.2 Å². The molecule has 1 fully saturated rings. The summed E-state index contributed by atoms with van der Waals surface area (Å²) in [4.78, 5) is 3.39. The number of fused-ring (bicyclic) bond motifs is 1. The van der Waals surface area contributed by atoms with Crippen molar-refractivity contribution in [3.05, 3.63) is 35.5 Å². The zero-order valence-corrected chi connectivity index (χ0v) is 9.96. The van der Waals surface area contributed by atoms with Crippen molar-refractivity contribution < 1.29 is 4.39 Å². The van der Waals surface area contributed by atoms with E-state index in [1.165, 1.54) is 22.2 Å². The fraction of sp³-hybridized carbons (Fsp3) is 0.429. The highest BCUT2D eigenvalue weighted by Gasteiger charge is 2.24. The molecule has 0 amide bonds. The van der Waals surface area contributed by atoms with E-state index in [9.17, 15) is 4.39 Å². The van der Waals surface area contributed by atoms with Gasteiger partial charge in [-0.2, -0.15) is 0 Å². The predicted molar refractivity (Wildman–Crippen MR) is 68.0 cm³/mol. The van der Waals surface area contributed by atoms with E-state index in [-0.39, 0.29) is 6.04 Å². The molecule has 2 atom stereocenters. The molecule has 1 aliphatic heterocycles. The first-order valence-electron chi connectivity index (χ1n) is 6.17. The smallest absolute Gasteiger partial charge is 0.114 e. The van der Waals surface area contributed by atoms with E-state index < -0.39 is 6.17 Å². The Kier molecular flexibility index (Phi) is 2.63. The van der Waals surface area contributed by atoms with Crippen LogP contribution in [0, 0.1) is 6.92 Å². The van der Waals surface area contributed by atoms with Crippen LogP contribution in [0.25, 0.3) is 10.9 Å². The fourth-order valence-corrected chi connectivity index (χ4v) is 2.77. The second-order valence-corrected chi connectivity index (χ2v) is 4.92. The summed E-state index contributed by atoms with van der Waals surface area (Å²) in [6, 6.07) is 8.59. The molecule has 0 unspecified atom stereocenters. The predicted octanol–water partition coefficient (Wildman–Crippen LogP) is 2.72. The van der Waals surface area contributed by atoms with Gasteiger partial charge in [0.2, 0.25) is 0 Å². The number of aryl methyl sites for hydroxylation is 1. The number of benzene rings is 1. The Labute approximate surface area is 100 Å². The standard InChI is InChI=1S/C14H17FN2/c1-9-13(7-11-6-10(15)8-16-11)12-4-2-3-5-14(12)17-9/h2-5,10-11,16-17H,6-8H2,1H3/t10-,11-/m1/s1. The Hall–Kier alpha value is -1.35. The van der Waals surface area contributed by atoms with Gasteiger partial charge in [0.15, 0.2) is 0 Å². The molecule has 1 aromatic heterocycles. The minimum absolute atomic E-state index is 0.280. The SMILES string of the molecule is Cc1[nH]c2ccccc2c1C[C@H]1C[C@@H](F)CN1. The molecular weight excluding hydrogens is 215 g/mol. The summed E-state index contributed by atoms with van der Waals surface area (Å²) in [6.45, 7) is 2.60. The summed E-state index contributed by atoms with van der Waals surface area (Å²) in [5, 5.41) is 4.52. The summed E-state index contributed by atoms with van der Waals surface area (Å²) in [7, 11) is 0. The Bertz CT molecular complexity index is 532. The number of aromatic nitrogens is 1. The molecule has 1 saturated heterocycles. The lowest BCUT2D eigenvalue weighted by Gasteiger charge is -2.09. The number of alkyl halides is 1. The van der Waals surface area contributed by atoms with Gasteiger partial charge in [-0.25, -0.2) is 4.39 Å². The van der Waals surface area contributed by atoms with Gasteiger partial charge in [-0.15, -0.1) is 0 Å². The third-order valence-corrected chi connectivity index (χ3v) is 3.65. The monoisotopic (exact) mass is 232 g/mol. The van der Waals surface area contributed by atoms with Crippen molar-refractivity contribution in [3.63, 3.8) is 0 Å². The molecule has 0 radical (unpaired) electrons. The molecule has 2 N–H and O–H groups in total. The molecule has 0 aliphatic carbocycles. The van der Waals surface area contributed by atoms with Gasteiger partial charge in [0.25, 0.3) is 0 Å². The van der Waals surface area contributed by atoms with Crippen molar-refractivity contribution in [2.75, 3.05) is 6.54 Å². The number of rotatable bonds is 2. The van der Waals surface area contributed by atoms with Crippen molar-refractivity contribution in [1.82, 2.24) is 10.3 Å². The first-order chi connectivity index (χ1) is 8.24. The van der Waals surface area contributed by atoms with Gasteiger partial charge in [-0.05, 0) is 31.4 Å². The zero-order chi connectivity index (χ0) is 11.8. The number of hydrogen-bond acceptors (Lipinski definition) is 1. The van der Waals surface area contributed by atoms with Crippen LogP contribution in [0.2, 0.25) is 0 Å². The van der Waals surface area contributed by atoms with Crippen molar-refractivity contribution >= 4 is 10.9 Å². The molecule has 17 heavy (non-hydrogen) atoms. The maximum atomic E-state index is 13.1. The molecule has 0 bridgehead atoms. The lowest BCUT2D eigenvalue weighted by Crippen LogP contribution is -2.23. The average molecular weight is 232 g/mol. The van der Waals surface area contributed by atoms with Crippen LogP contribution in [0.15, 0.2) is 24.3 Å². The molecule has 2 heterocycles. The van der Waals surface area contributed by atoms with E-state index in [1.54, 1.807) is 0 Å². The van der Waals surface area contributed by atoms with E-state index in [0.717, 1.165) is 6.42 Å². The summed E-state index contributed by atoms with van der Waals surface area (Å²) < 4.78 is 13.1. The zero-order valence-electron chi connectivity index (χ0n) is 9.96. The minimum atomic E-state index is -0.675. The van der Waals surface area contributed by atoms with E-state index in [2.05, 4.69) is 35.4 Å². The fourth-order valence-electron chi connectivity index (χ4n) is 2.77. The van der Waals surface area contributed by atoms with Gasteiger partial charge in [-0.3, -0.25) is 0 Å². The molecule has 0 spiro atoms. The van der Waals surface area contributed by atoms with Crippen molar-refractivity contribution in [2.24, 2.45) is 0 Å². The summed E-state index contributed by atoms with van der Waals surface area (Å²) in [5.41, 5.74) is 3.71. The summed E-state index contributed by atoms with van der Waals surface area (Å²) in [6.07, 6.45) is 0.875. The van der Waals surface area contributed by atoms with Gasteiger partial charge in [0.05, 0.1) is 0 Å². The minimum Gasteiger partial charge on any atom is -0.358 e. The van der Waals surface area contributed by atoms with Gasteiger partial charge < -0.3 is 10.3 Å². The molecule has 3 rings (SSSR count). The van der Waals surface area contributed by atoms with Crippen LogP contribution in [0.4, 0.5) is 4.39 Å². The van der Waals surface area contributed by atoms with E-state index in [0.29, 0.717) is 13.0 Å². The van der Waals surface area contributed by atoms with Crippen LogP contribution in [0.1, 0.15) is 17.7 Å². The summed E-state index contributed by atoms with van der Waals surface area (Å²) in [5.74, 6) is 0. The largest absolute Gasteiger partial charge is 0.358 e. The maximum absolute atomic E-state index is 13.1. The second-order valence-electron chi connectivity index (χ2n) is 4.92. The number of nitrogens with one attached hydrogen (secondary N) is 2. The van der Waals surface area contributed by atoms with Crippen LogP contribution >= 0.6 is 0 Å². The van der Waals surface area contributed by atoms with Gasteiger partial charge >= 0.3 is 0 Å². The van der Waals surface area contributed by atoms with Crippen LogP contribution in [0.3, 0.4) is 0 Å². The third kappa shape index (κ3) is 1.95. The highest BCUT2D eigenvalue weighted by Crippen LogP contribution is 2.25. The van der Waals surface area contributed by atoms with Crippen LogP contribution in [0.5, 0.6) is 0 Å². The molecule has 0 saturated carbocycles. The summed E-state index contributed by atoms with van der Waals surface area (Å²) >= 11 is 0. The molecule has 1 aliphatic rings. The number of para-hydroxylation sites is 1. The van der Waals surface area contributed by atoms with Gasteiger partial charge in [0.1, 0.15) is 6.17 Å². The van der Waals surface area contributed by atoms with Crippen LogP contribution < -0.4 is 5.32 Å². The van der Waals surface area contributed by atoms with Crippen molar-refractivity contribution in [2.45, 2.75) is 32.0 Å². The van der Waals surface area contributed by atoms with Crippen LogP contribution in [-0.2, 0) is 6.42 Å². The molecule has 2 aromatic rings. The first kappa shape index (κ1) is 10.8. The molecule has 3 heteroatoms. The van der Waals surface area contributed by atoms with Crippen molar-refractivity contribution in [3.8, 4) is 0 Å². The third-order valence-electron chi connectivity index (χ3n) is 3.65. The van der Waals surface area contributed by atoms with Crippen molar-refractivity contribution in [1.29, 1.82) is 0 Å². The highest BCUT2D eigenvalue weighted by molar-refractivity contribution is 5.84. The number of halogens is 1. The molecule has 90 valence electrons. The Balaban J connectivity index is 1.91. The van der Waals surface area contributed by atoms with E-state index >= 15 is 0 Å². The average Bonchev–Trinajstić information content (AvgIpc) is 2.85. The molecule has 2 nitrogen and oxygen atoms in total. The highest BCUT2D eigenvalue weighted by atomic mass is 19.1. The number of H-pyrrole nitrogens is 1. The lowest BCUT2D eigenvalue weighted by atomic mass is 10.0. The Morgan fingerprint density at radius 3 is 2.94 bits per heavy atom. The maximum Gasteiger partial charge on any atom is 0.114 e. The lowest BCUT2D eigenvalue weighted by molar-refractivity contribution is 0.355. The van der Waals surface area contributed by atoms with E-state index in [1.807, 2.05) is 6.07 Å². The normalized spacial score (nSPS) is 24.6. The number of aromatic amines is 1. The first-order valence-corrected chi connectivity index (χ1v) is 6.17. The van der Waals surface area contributed by atoms with E-state index in [4.69, 9.17) is 0 Å². The molecular formula is C14H17FN2. The van der Waals surface area contributed by atoms with Crippen LogP contribution in [-0.4, -0.2) is 23.7 Å². The quantitative estimate of drug-likeness (QED) is 0.818. The second kappa shape index (κ2) is 4.15. The Morgan fingerprint density at radius 1 is 1.35 bits per heavy atom. The topological polar surface area (TPSA) is 27.8 Å². The number of hydrogen-bond donors (Lipinski definition) is 2. The Morgan fingerprint density at radius 2 is 2.18 bits per heavy atom. The van der Waals surface area contributed by atoms with Gasteiger partial charge in [0, 0.05) is 29.2 Å².